The van der Waals surface area contributed by atoms with Gasteiger partial charge in [0.15, 0.2) is 24.4 Å². The Kier molecular flexibility index (Phi) is 13.5. The van der Waals surface area contributed by atoms with Gasteiger partial charge in [-0.25, -0.2) is 5.43 Å². The summed E-state index contributed by atoms with van der Waals surface area (Å²) in [5.74, 6) is -4.76. The van der Waals surface area contributed by atoms with Gasteiger partial charge in [-0.2, -0.15) is 5.10 Å². The summed E-state index contributed by atoms with van der Waals surface area (Å²) < 4.78 is 25.8. The van der Waals surface area contributed by atoms with Gasteiger partial charge in [-0.3, -0.25) is 28.8 Å². The largest absolute Gasteiger partial charge is 0.462 e. The van der Waals surface area contributed by atoms with Crippen LogP contribution in [0, 0.1) is 0 Å². The second-order valence-corrected chi connectivity index (χ2v) is 7.71. The van der Waals surface area contributed by atoms with Gasteiger partial charge in [-0.1, -0.05) is 18.2 Å². The Morgan fingerprint density at radius 1 is 0.763 bits per heavy atom. The molecule has 0 unspecified atom stereocenters. The van der Waals surface area contributed by atoms with Gasteiger partial charge in [-0.05, 0) is 12.1 Å². The highest BCUT2D eigenvalue weighted by molar-refractivity contribution is 5.82. The highest BCUT2D eigenvalue weighted by Crippen LogP contribution is 2.19. The fourth-order valence-corrected chi connectivity index (χ4v) is 3.00. The van der Waals surface area contributed by atoms with E-state index in [1.54, 1.807) is 24.3 Å². The Balaban J connectivity index is 3.24. The minimum absolute atomic E-state index is 0.153. The average Bonchev–Trinajstić information content (AvgIpc) is 2.82. The summed E-state index contributed by atoms with van der Waals surface area (Å²) in [5.41, 5.74) is 2.91. The fourth-order valence-electron chi connectivity index (χ4n) is 3.00. The van der Waals surface area contributed by atoms with Crippen LogP contribution >= 0.6 is 0 Å². The first-order chi connectivity index (χ1) is 17.9. The molecule has 0 aliphatic heterocycles. The first kappa shape index (κ1) is 31.5. The lowest BCUT2D eigenvalue weighted by molar-refractivity contribution is -0.197. The third-order valence-electron chi connectivity index (χ3n) is 4.33. The van der Waals surface area contributed by atoms with E-state index in [4.69, 9.17) is 23.7 Å². The van der Waals surface area contributed by atoms with Gasteiger partial charge >= 0.3 is 29.8 Å². The molecule has 0 saturated carbocycles. The number of hydrogen-bond acceptors (Lipinski definition) is 13. The minimum atomic E-state index is -1.64. The van der Waals surface area contributed by atoms with E-state index in [0.717, 1.165) is 40.8 Å². The molecule has 0 spiro atoms. The average molecular weight is 538 g/mol. The van der Waals surface area contributed by atoms with Crippen LogP contribution in [0.4, 0.5) is 5.69 Å². The molecule has 0 fully saturated rings. The highest BCUT2D eigenvalue weighted by atomic mass is 16.6. The summed E-state index contributed by atoms with van der Waals surface area (Å²) >= 11 is 0. The zero-order valence-electron chi connectivity index (χ0n) is 21.6. The quantitative estimate of drug-likeness (QED) is 0.145. The van der Waals surface area contributed by atoms with E-state index >= 15 is 0 Å². The summed E-state index contributed by atoms with van der Waals surface area (Å²) in [6, 6.07) is 8.87. The summed E-state index contributed by atoms with van der Waals surface area (Å²) in [5, 5.41) is 6.63. The van der Waals surface area contributed by atoms with Crippen molar-refractivity contribution in [3.05, 3.63) is 30.3 Å². The van der Waals surface area contributed by atoms with Crippen LogP contribution in [0.5, 0.6) is 0 Å². The highest BCUT2D eigenvalue weighted by Gasteiger charge is 2.43. The monoisotopic (exact) mass is 537 g/mol. The van der Waals surface area contributed by atoms with Crippen LogP contribution < -0.4 is 10.7 Å². The van der Waals surface area contributed by atoms with E-state index in [2.05, 4.69) is 15.8 Å². The van der Waals surface area contributed by atoms with Gasteiger partial charge in [0.05, 0.1) is 12.8 Å². The number of anilines is 1. The molecular weight excluding hydrogens is 506 g/mol. The van der Waals surface area contributed by atoms with E-state index in [-0.39, 0.29) is 6.54 Å². The summed E-state index contributed by atoms with van der Waals surface area (Å²) in [7, 11) is 0. The number of carbonyl (C=O) groups is 6. The van der Waals surface area contributed by atoms with Crippen LogP contribution in [-0.4, -0.2) is 79.5 Å². The third-order valence-corrected chi connectivity index (χ3v) is 4.33. The smallest absolute Gasteiger partial charge is 0.303 e. The van der Waals surface area contributed by atoms with E-state index < -0.39 is 66.8 Å². The molecule has 14 heteroatoms. The molecule has 1 rings (SSSR count). The Hall–Kier alpha value is -4.49. The number of nitrogens with zero attached hydrogens (tertiary/aromatic N) is 1. The number of benzene rings is 1. The van der Waals surface area contributed by atoms with Gasteiger partial charge in [0, 0.05) is 40.3 Å². The molecule has 0 heterocycles. The number of hydrogen-bond donors (Lipinski definition) is 2. The Morgan fingerprint density at radius 3 is 1.84 bits per heavy atom. The molecule has 1 amide bonds. The first-order valence-electron chi connectivity index (χ1n) is 11.3. The second-order valence-electron chi connectivity index (χ2n) is 7.71. The molecule has 0 saturated heterocycles. The van der Waals surface area contributed by atoms with E-state index in [0.29, 0.717) is 5.69 Å². The number of esters is 5. The Bertz CT molecular complexity index is 1010. The van der Waals surface area contributed by atoms with Crippen molar-refractivity contribution in [3.63, 3.8) is 0 Å². The standard InChI is InChI=1S/C24H31N3O11/c1-14(28)34-13-21(36-16(3)30)24(38-18(5)32)23(37-17(4)31)20(35-15(2)29)11-26-27-22(33)12-25-19-9-7-6-8-10-19/h6-11,20-21,23-25H,12-13H2,1-5H3,(H,27,33)/b26-11+/t20-,21-,23-,24-/m1/s1. The maximum Gasteiger partial charge on any atom is 0.303 e. The van der Waals surface area contributed by atoms with E-state index in [1.807, 2.05) is 6.07 Å². The van der Waals surface area contributed by atoms with E-state index in [9.17, 15) is 28.8 Å². The number of rotatable bonds is 14. The number of hydrazone groups is 1. The molecule has 0 aliphatic carbocycles. The Morgan fingerprint density at radius 2 is 1.32 bits per heavy atom. The number of para-hydroxylation sites is 1. The molecule has 1 aromatic rings. The van der Waals surface area contributed by atoms with Crippen LogP contribution in [0.1, 0.15) is 34.6 Å². The molecule has 0 bridgehead atoms. The van der Waals surface area contributed by atoms with Gasteiger partial charge in [0.1, 0.15) is 6.61 Å². The molecule has 0 aromatic heterocycles. The van der Waals surface area contributed by atoms with Crippen LogP contribution in [0.15, 0.2) is 35.4 Å². The van der Waals surface area contributed by atoms with Crippen molar-refractivity contribution in [2.75, 3.05) is 18.5 Å². The minimum Gasteiger partial charge on any atom is -0.462 e. The lowest BCUT2D eigenvalue weighted by Crippen LogP contribution is -2.53. The summed E-state index contributed by atoms with van der Waals surface area (Å²) in [6.07, 6.45) is -5.34. The van der Waals surface area contributed by atoms with E-state index in [1.165, 1.54) is 0 Å². The molecule has 14 nitrogen and oxygen atoms in total. The maximum atomic E-state index is 12.2. The van der Waals surface area contributed by atoms with Crippen molar-refractivity contribution in [3.8, 4) is 0 Å². The van der Waals surface area contributed by atoms with Crippen LogP contribution in [0.3, 0.4) is 0 Å². The van der Waals surface area contributed by atoms with Crippen molar-refractivity contribution in [2.45, 2.75) is 59.0 Å². The molecule has 208 valence electrons. The maximum absolute atomic E-state index is 12.2. The first-order valence-corrected chi connectivity index (χ1v) is 11.3. The third kappa shape index (κ3) is 13.0. The topological polar surface area (TPSA) is 185 Å². The predicted molar refractivity (Wildman–Crippen MR) is 130 cm³/mol. The molecule has 0 aliphatic rings. The molecule has 0 radical (unpaired) electrons. The summed E-state index contributed by atoms with van der Waals surface area (Å²) in [6.45, 7) is 4.52. The lowest BCUT2D eigenvalue weighted by atomic mass is 10.0. The number of ether oxygens (including phenoxy) is 5. The molecule has 1 aromatic carbocycles. The molecule has 4 atom stereocenters. The van der Waals surface area contributed by atoms with Crippen molar-refractivity contribution >= 4 is 47.7 Å². The van der Waals surface area contributed by atoms with Gasteiger partial charge in [0.25, 0.3) is 5.91 Å². The van der Waals surface area contributed by atoms with Crippen LogP contribution in [0.25, 0.3) is 0 Å². The van der Waals surface area contributed by atoms with Crippen LogP contribution in [-0.2, 0) is 52.5 Å². The summed E-state index contributed by atoms with van der Waals surface area (Å²) in [4.78, 5) is 70.9. The molecular formula is C24H31N3O11. The lowest BCUT2D eigenvalue weighted by Gasteiger charge is -2.34. The fraction of sp³-hybridized carbons (Fsp3) is 0.458. The number of nitrogens with one attached hydrogen (secondary N) is 2. The number of amides is 1. The SMILES string of the molecule is CC(=O)OC[C@@H](OC(C)=O)[C@@H](OC(C)=O)[C@H](OC(C)=O)[C@@H](/C=N/NC(=O)CNc1ccccc1)OC(C)=O. The van der Waals surface area contributed by atoms with Gasteiger partial charge in [-0.15, -0.1) is 0 Å². The molecule has 38 heavy (non-hydrogen) atoms. The second kappa shape index (κ2) is 16.3. The van der Waals surface area contributed by atoms with Crippen molar-refractivity contribution < 1.29 is 52.5 Å². The van der Waals surface area contributed by atoms with Crippen molar-refractivity contribution in [1.29, 1.82) is 0 Å². The number of carbonyl (C=O) groups excluding carboxylic acids is 6. The van der Waals surface area contributed by atoms with Crippen LogP contribution in [0.2, 0.25) is 0 Å². The Labute approximate surface area is 219 Å². The van der Waals surface area contributed by atoms with Crippen molar-refractivity contribution in [1.82, 2.24) is 5.43 Å². The zero-order chi connectivity index (χ0) is 28.7. The molecule has 2 N–H and O–H groups in total. The van der Waals surface area contributed by atoms with Gasteiger partial charge in [0.2, 0.25) is 0 Å². The van der Waals surface area contributed by atoms with Crippen molar-refractivity contribution in [2.24, 2.45) is 5.10 Å². The van der Waals surface area contributed by atoms with Gasteiger partial charge < -0.3 is 29.0 Å². The predicted octanol–water partition coefficient (Wildman–Crippen LogP) is 0.490. The zero-order valence-corrected chi connectivity index (χ0v) is 21.6. The normalized spacial score (nSPS) is 13.7.